The predicted molar refractivity (Wildman–Crippen MR) is 158 cm³/mol. The lowest BCUT2D eigenvalue weighted by molar-refractivity contribution is 0.0255. The molecule has 4 rings (SSSR count). The Bertz CT molecular complexity index is 1060. The van der Waals surface area contributed by atoms with Gasteiger partial charge in [0.15, 0.2) is 0 Å². The molecule has 2 radical (unpaired) electrons. The quantitative estimate of drug-likeness (QED) is 0.214. The van der Waals surface area contributed by atoms with Gasteiger partial charge < -0.3 is 5.11 Å². The minimum absolute atomic E-state index is 0.0102. The second-order valence-corrected chi connectivity index (χ2v) is 9.73. The summed E-state index contributed by atoms with van der Waals surface area (Å²) in [6.45, 7) is 5.36. The Morgan fingerprint density at radius 1 is 0.568 bits per heavy atom. The van der Waals surface area contributed by atoms with Crippen LogP contribution in [0.1, 0.15) is 35.6 Å². The monoisotopic (exact) mass is 489 g/mol. The molecule has 0 aliphatic heterocycles. The number of hydrogen-bond acceptors (Lipinski definition) is 2. The largest absolute Gasteiger partial charge is 0.391 e. The fourth-order valence-electron chi connectivity index (χ4n) is 4.96. The van der Waals surface area contributed by atoms with Crippen molar-refractivity contribution in [2.75, 3.05) is 0 Å². The molecule has 0 bridgehead atoms. The molecule has 0 spiro atoms. The molecule has 0 saturated heterocycles. The van der Waals surface area contributed by atoms with E-state index in [1.165, 1.54) is 29.1 Å². The fourth-order valence-corrected chi connectivity index (χ4v) is 4.96. The molecule has 0 heterocycles. The van der Waals surface area contributed by atoms with Gasteiger partial charge in [-0.15, -0.1) is 0 Å². The first-order valence-electron chi connectivity index (χ1n) is 13.3. The van der Waals surface area contributed by atoms with E-state index in [1.54, 1.807) is 0 Å². The van der Waals surface area contributed by atoms with Crippen LogP contribution >= 0.6 is 0 Å². The van der Waals surface area contributed by atoms with Crippen molar-refractivity contribution >= 4 is 7.85 Å². The van der Waals surface area contributed by atoms with Crippen LogP contribution in [-0.4, -0.2) is 30.0 Å². The molecule has 0 amide bonds. The summed E-state index contributed by atoms with van der Waals surface area (Å²) in [5, 5.41) is 11.7. The Labute approximate surface area is 225 Å². The van der Waals surface area contributed by atoms with E-state index in [0.717, 1.165) is 32.4 Å². The molecule has 3 heteroatoms. The first kappa shape index (κ1) is 28.4. The van der Waals surface area contributed by atoms with Crippen molar-refractivity contribution in [2.24, 2.45) is 5.92 Å². The van der Waals surface area contributed by atoms with Gasteiger partial charge in [-0.05, 0) is 47.4 Å². The van der Waals surface area contributed by atoms with Gasteiger partial charge in [-0.1, -0.05) is 135 Å². The second-order valence-electron chi connectivity index (χ2n) is 9.73. The van der Waals surface area contributed by atoms with Gasteiger partial charge in [0.25, 0.3) is 0 Å². The molecule has 0 aliphatic carbocycles. The Kier molecular flexibility index (Phi) is 12.2. The van der Waals surface area contributed by atoms with Crippen molar-refractivity contribution in [1.29, 1.82) is 0 Å². The van der Waals surface area contributed by atoms with Crippen LogP contribution in [0.2, 0.25) is 6.82 Å². The van der Waals surface area contributed by atoms with Crippen LogP contribution in [-0.2, 0) is 25.9 Å². The lowest BCUT2D eigenvalue weighted by atomic mass is 9.89. The van der Waals surface area contributed by atoms with Crippen molar-refractivity contribution in [1.82, 2.24) is 4.90 Å². The number of aliphatic hydroxyl groups is 1. The average molecular weight is 490 g/mol. The molecule has 3 atom stereocenters. The molecule has 4 aromatic rings. The molecule has 4 aromatic carbocycles. The van der Waals surface area contributed by atoms with Gasteiger partial charge in [0.2, 0.25) is 0 Å². The first-order valence-corrected chi connectivity index (χ1v) is 13.3. The average Bonchev–Trinajstić information content (AvgIpc) is 2.94. The van der Waals surface area contributed by atoms with E-state index in [9.17, 15) is 5.11 Å². The highest BCUT2D eigenvalue weighted by Crippen LogP contribution is 2.24. The predicted octanol–water partition coefficient (Wildman–Crippen LogP) is 7.13. The van der Waals surface area contributed by atoms with Crippen LogP contribution in [0.3, 0.4) is 0 Å². The zero-order valence-corrected chi connectivity index (χ0v) is 22.3. The van der Waals surface area contributed by atoms with Crippen LogP contribution in [0.25, 0.3) is 0 Å². The molecular formula is C34H40BNO. The van der Waals surface area contributed by atoms with Gasteiger partial charge in [-0.3, -0.25) is 4.90 Å². The van der Waals surface area contributed by atoms with E-state index in [4.69, 9.17) is 0 Å². The van der Waals surface area contributed by atoms with E-state index in [0.29, 0.717) is 5.92 Å². The minimum atomic E-state index is -0.429. The van der Waals surface area contributed by atoms with E-state index >= 15 is 0 Å². The highest BCUT2D eigenvalue weighted by molar-refractivity contribution is 6.05. The third-order valence-electron chi connectivity index (χ3n) is 6.73. The van der Waals surface area contributed by atoms with Gasteiger partial charge in [0.05, 0.1) is 14.0 Å². The van der Waals surface area contributed by atoms with E-state index in [2.05, 4.69) is 141 Å². The molecule has 0 aliphatic rings. The van der Waals surface area contributed by atoms with Gasteiger partial charge in [-0.2, -0.15) is 0 Å². The zero-order valence-electron chi connectivity index (χ0n) is 22.3. The SMILES string of the molecule is C[C@@H](Cc1ccccc1)C[C@H](O)[C@H](Cc1ccccc1)N(Cc1ccccc1)Cc1ccccc1.[B]C. The highest BCUT2D eigenvalue weighted by Gasteiger charge is 2.28. The normalized spacial score (nSPS) is 13.3. The molecular weight excluding hydrogens is 449 g/mol. The Morgan fingerprint density at radius 2 is 0.919 bits per heavy atom. The molecule has 37 heavy (non-hydrogen) atoms. The van der Waals surface area contributed by atoms with E-state index in [-0.39, 0.29) is 6.04 Å². The van der Waals surface area contributed by atoms with Crippen molar-refractivity contribution in [2.45, 2.75) is 58.2 Å². The molecule has 0 saturated carbocycles. The summed E-state index contributed by atoms with van der Waals surface area (Å²) in [6, 6.07) is 42.5. The Balaban J connectivity index is 0.00000186. The van der Waals surface area contributed by atoms with Gasteiger partial charge in [0, 0.05) is 19.1 Å². The zero-order chi connectivity index (χ0) is 26.3. The van der Waals surface area contributed by atoms with Crippen molar-refractivity contribution in [3.05, 3.63) is 144 Å². The number of aliphatic hydroxyl groups excluding tert-OH is 1. The number of rotatable bonds is 12. The lowest BCUT2D eigenvalue weighted by Gasteiger charge is -2.36. The fraction of sp³-hybridized carbons (Fsp3) is 0.294. The maximum absolute atomic E-state index is 11.7. The van der Waals surface area contributed by atoms with Crippen molar-refractivity contribution in [3.63, 3.8) is 0 Å². The standard InChI is InChI=1S/C33H37NO.CH3B/c1-27(22-28-14-6-2-7-15-28)23-33(35)32(24-29-16-8-3-9-17-29)34(25-30-18-10-4-11-19-30)26-31-20-12-5-13-21-31;1-2/h2-21,27,32-33,35H,22-26H2,1H3;1H3/t27-,32-,33-;/m0./s1. The summed E-state index contributed by atoms with van der Waals surface area (Å²) in [4.78, 5) is 2.47. The topological polar surface area (TPSA) is 23.5 Å². The maximum atomic E-state index is 11.7. The number of hydrogen-bond donors (Lipinski definition) is 1. The lowest BCUT2D eigenvalue weighted by Crippen LogP contribution is -2.45. The van der Waals surface area contributed by atoms with Crippen LogP contribution < -0.4 is 0 Å². The summed E-state index contributed by atoms with van der Waals surface area (Å²) in [6.07, 6.45) is 2.14. The number of benzene rings is 4. The van der Waals surface area contributed by atoms with Crippen LogP contribution in [0.4, 0.5) is 0 Å². The van der Waals surface area contributed by atoms with Crippen LogP contribution in [0, 0.1) is 5.92 Å². The first-order chi connectivity index (χ1) is 18.2. The maximum Gasteiger partial charge on any atom is 0.0701 e. The smallest absolute Gasteiger partial charge is 0.0701 e. The summed E-state index contributed by atoms with van der Waals surface area (Å²) in [5.74, 6) is 0.390. The summed E-state index contributed by atoms with van der Waals surface area (Å²) in [7, 11) is 4.50. The van der Waals surface area contributed by atoms with Gasteiger partial charge >= 0.3 is 0 Å². The number of nitrogens with zero attached hydrogens (tertiary/aromatic N) is 1. The molecule has 0 unspecified atom stereocenters. The molecule has 190 valence electrons. The van der Waals surface area contributed by atoms with E-state index < -0.39 is 6.10 Å². The molecule has 0 aromatic heterocycles. The third-order valence-corrected chi connectivity index (χ3v) is 6.73. The van der Waals surface area contributed by atoms with Crippen molar-refractivity contribution in [3.8, 4) is 0 Å². The van der Waals surface area contributed by atoms with Crippen LogP contribution in [0.15, 0.2) is 121 Å². The highest BCUT2D eigenvalue weighted by atomic mass is 16.3. The van der Waals surface area contributed by atoms with Crippen molar-refractivity contribution < 1.29 is 5.11 Å². The molecule has 0 fully saturated rings. The third kappa shape index (κ3) is 9.68. The summed E-state index contributed by atoms with van der Waals surface area (Å²) < 4.78 is 0. The summed E-state index contributed by atoms with van der Waals surface area (Å²) in [5.41, 5.74) is 5.13. The minimum Gasteiger partial charge on any atom is -0.391 e. The van der Waals surface area contributed by atoms with Gasteiger partial charge in [0.1, 0.15) is 0 Å². The second kappa shape index (κ2) is 15.9. The van der Waals surface area contributed by atoms with Gasteiger partial charge in [-0.25, -0.2) is 0 Å². The molecule has 2 nitrogen and oxygen atoms in total. The molecule has 1 N–H and O–H groups in total. The Hall–Kier alpha value is -3.14. The van der Waals surface area contributed by atoms with Crippen LogP contribution in [0.5, 0.6) is 0 Å². The van der Waals surface area contributed by atoms with E-state index in [1.807, 2.05) is 0 Å². The Morgan fingerprint density at radius 3 is 1.32 bits per heavy atom. The summed E-state index contributed by atoms with van der Waals surface area (Å²) >= 11 is 0.